The Morgan fingerprint density at radius 1 is 1.06 bits per heavy atom. The van der Waals surface area contributed by atoms with Gasteiger partial charge >= 0.3 is 0 Å². The summed E-state index contributed by atoms with van der Waals surface area (Å²) in [4.78, 5) is 1.45. The molecule has 86 valence electrons. The van der Waals surface area contributed by atoms with E-state index in [1.165, 1.54) is 27.1 Å². The van der Waals surface area contributed by atoms with E-state index in [9.17, 15) is 0 Å². The molecule has 1 heteroatoms. The van der Waals surface area contributed by atoms with E-state index >= 15 is 0 Å². The van der Waals surface area contributed by atoms with E-state index in [1.807, 2.05) is 11.8 Å². The van der Waals surface area contributed by atoms with Crippen molar-refractivity contribution in [2.45, 2.75) is 30.4 Å². The highest BCUT2D eigenvalue weighted by molar-refractivity contribution is 7.98. The zero-order valence-electron chi connectivity index (χ0n) is 10.2. The summed E-state index contributed by atoms with van der Waals surface area (Å²) >= 11 is 1.97. The molecule has 2 aromatic carbocycles. The lowest BCUT2D eigenvalue weighted by Crippen LogP contribution is -1.98. The summed E-state index contributed by atoms with van der Waals surface area (Å²) in [6, 6.07) is 15.7. The SMILES string of the molecule is Cc1ccc2c(c1)SCc1ccccc1C2C. The molecule has 0 aromatic heterocycles. The summed E-state index contributed by atoms with van der Waals surface area (Å²) in [6.45, 7) is 4.49. The van der Waals surface area contributed by atoms with Gasteiger partial charge in [-0.25, -0.2) is 0 Å². The largest absolute Gasteiger partial charge is 0.121 e. The molecule has 1 aliphatic rings. The zero-order chi connectivity index (χ0) is 11.8. The van der Waals surface area contributed by atoms with Crippen LogP contribution in [0.5, 0.6) is 0 Å². The Kier molecular flexibility index (Phi) is 2.71. The van der Waals surface area contributed by atoms with E-state index in [0.29, 0.717) is 5.92 Å². The Labute approximate surface area is 107 Å². The minimum absolute atomic E-state index is 0.511. The molecule has 0 bridgehead atoms. The average Bonchev–Trinajstić information content (AvgIpc) is 2.48. The van der Waals surface area contributed by atoms with Crippen LogP contribution in [0.3, 0.4) is 0 Å². The van der Waals surface area contributed by atoms with E-state index in [2.05, 4.69) is 56.3 Å². The highest BCUT2D eigenvalue weighted by Gasteiger charge is 2.19. The van der Waals surface area contributed by atoms with E-state index in [0.717, 1.165) is 5.75 Å². The van der Waals surface area contributed by atoms with Crippen molar-refractivity contribution in [1.82, 2.24) is 0 Å². The number of hydrogen-bond acceptors (Lipinski definition) is 1. The predicted molar refractivity (Wildman–Crippen MR) is 74.7 cm³/mol. The van der Waals surface area contributed by atoms with Crippen LogP contribution in [0.4, 0.5) is 0 Å². The number of aryl methyl sites for hydroxylation is 1. The molecule has 0 fully saturated rings. The van der Waals surface area contributed by atoms with Crippen LogP contribution in [-0.2, 0) is 5.75 Å². The Morgan fingerprint density at radius 2 is 1.88 bits per heavy atom. The number of fused-ring (bicyclic) bond motifs is 2. The third-order valence-electron chi connectivity index (χ3n) is 3.54. The maximum atomic E-state index is 2.32. The van der Waals surface area contributed by atoms with Gasteiger partial charge in [0.1, 0.15) is 0 Å². The van der Waals surface area contributed by atoms with Gasteiger partial charge in [0.05, 0.1) is 0 Å². The number of thioether (sulfide) groups is 1. The average molecular weight is 240 g/mol. The van der Waals surface area contributed by atoms with Crippen molar-refractivity contribution in [1.29, 1.82) is 0 Å². The van der Waals surface area contributed by atoms with Crippen molar-refractivity contribution in [3.8, 4) is 0 Å². The van der Waals surface area contributed by atoms with E-state index in [-0.39, 0.29) is 0 Å². The fraction of sp³-hybridized carbons (Fsp3) is 0.250. The third kappa shape index (κ3) is 1.89. The fourth-order valence-corrected chi connectivity index (χ4v) is 3.79. The van der Waals surface area contributed by atoms with Crippen molar-refractivity contribution in [2.24, 2.45) is 0 Å². The minimum Gasteiger partial charge on any atom is -0.121 e. The lowest BCUT2D eigenvalue weighted by atomic mass is 9.90. The molecule has 2 aromatic rings. The zero-order valence-corrected chi connectivity index (χ0v) is 11.1. The minimum atomic E-state index is 0.511. The number of hydrogen-bond donors (Lipinski definition) is 0. The van der Waals surface area contributed by atoms with Gasteiger partial charge in [-0.1, -0.05) is 43.3 Å². The van der Waals surface area contributed by atoms with Crippen LogP contribution in [0.1, 0.15) is 35.1 Å². The van der Waals surface area contributed by atoms with Crippen molar-refractivity contribution < 1.29 is 0 Å². The molecule has 0 spiro atoms. The molecular formula is C16H16S. The van der Waals surface area contributed by atoms with Gasteiger partial charge in [0.2, 0.25) is 0 Å². The Morgan fingerprint density at radius 3 is 2.76 bits per heavy atom. The molecule has 1 unspecified atom stereocenters. The monoisotopic (exact) mass is 240 g/mol. The van der Waals surface area contributed by atoms with Crippen LogP contribution in [0.2, 0.25) is 0 Å². The normalized spacial score (nSPS) is 18.1. The predicted octanol–water partition coefficient (Wildman–Crippen LogP) is 4.75. The van der Waals surface area contributed by atoms with Gasteiger partial charge in [0.15, 0.2) is 0 Å². The van der Waals surface area contributed by atoms with Crippen LogP contribution in [0.15, 0.2) is 47.4 Å². The van der Waals surface area contributed by atoms with Crippen LogP contribution >= 0.6 is 11.8 Å². The van der Waals surface area contributed by atoms with Crippen LogP contribution < -0.4 is 0 Å². The van der Waals surface area contributed by atoms with Crippen molar-refractivity contribution in [3.05, 3.63) is 64.7 Å². The molecule has 1 aliphatic heterocycles. The standard InChI is InChI=1S/C16H16S/c1-11-7-8-15-12(2)14-6-4-3-5-13(14)10-17-16(15)9-11/h3-9,12H,10H2,1-2H3. The van der Waals surface area contributed by atoms with Gasteiger partial charge in [-0.2, -0.15) is 0 Å². The second-order valence-corrected chi connectivity index (χ2v) is 5.77. The Bertz CT molecular complexity index is 557. The van der Waals surface area contributed by atoms with Gasteiger partial charge in [-0.3, -0.25) is 0 Å². The van der Waals surface area contributed by atoms with Gasteiger partial charge in [-0.15, -0.1) is 11.8 Å². The summed E-state index contributed by atoms with van der Waals surface area (Å²) in [6.07, 6.45) is 0. The summed E-state index contributed by atoms with van der Waals surface area (Å²) in [5, 5.41) is 0. The smallest absolute Gasteiger partial charge is 0.0235 e. The topological polar surface area (TPSA) is 0 Å². The molecule has 0 aliphatic carbocycles. The number of rotatable bonds is 0. The molecule has 17 heavy (non-hydrogen) atoms. The second-order valence-electron chi connectivity index (χ2n) is 4.75. The molecule has 0 saturated heterocycles. The molecule has 0 radical (unpaired) electrons. The first-order chi connectivity index (χ1) is 8.25. The van der Waals surface area contributed by atoms with E-state index in [4.69, 9.17) is 0 Å². The summed E-state index contributed by atoms with van der Waals surface area (Å²) in [7, 11) is 0. The summed E-state index contributed by atoms with van der Waals surface area (Å²) < 4.78 is 0. The Balaban J connectivity index is 2.16. The Hall–Kier alpha value is -1.21. The maximum Gasteiger partial charge on any atom is 0.0235 e. The highest BCUT2D eigenvalue weighted by Crippen LogP contribution is 2.40. The summed E-state index contributed by atoms with van der Waals surface area (Å²) in [5.41, 5.74) is 5.81. The van der Waals surface area contributed by atoms with Gasteiger partial charge in [0, 0.05) is 16.6 Å². The molecule has 3 rings (SSSR count). The van der Waals surface area contributed by atoms with E-state index in [1.54, 1.807) is 0 Å². The lowest BCUT2D eigenvalue weighted by Gasteiger charge is -2.15. The van der Waals surface area contributed by atoms with Gasteiger partial charge in [0.25, 0.3) is 0 Å². The van der Waals surface area contributed by atoms with Crippen molar-refractivity contribution in [3.63, 3.8) is 0 Å². The van der Waals surface area contributed by atoms with Crippen molar-refractivity contribution >= 4 is 11.8 Å². The first-order valence-electron chi connectivity index (χ1n) is 6.07. The molecular weight excluding hydrogens is 224 g/mol. The van der Waals surface area contributed by atoms with Crippen molar-refractivity contribution in [2.75, 3.05) is 0 Å². The molecule has 0 amide bonds. The quantitative estimate of drug-likeness (QED) is 0.640. The molecule has 0 N–H and O–H groups in total. The molecule has 0 nitrogen and oxygen atoms in total. The van der Waals surface area contributed by atoms with Crippen LogP contribution in [0.25, 0.3) is 0 Å². The van der Waals surface area contributed by atoms with E-state index < -0.39 is 0 Å². The first-order valence-corrected chi connectivity index (χ1v) is 7.05. The summed E-state index contributed by atoms with van der Waals surface area (Å²) in [5.74, 6) is 1.61. The lowest BCUT2D eigenvalue weighted by molar-refractivity contribution is 0.888. The highest BCUT2D eigenvalue weighted by atomic mass is 32.2. The van der Waals surface area contributed by atoms with Crippen LogP contribution in [0, 0.1) is 6.92 Å². The van der Waals surface area contributed by atoms with Gasteiger partial charge in [-0.05, 0) is 35.2 Å². The molecule has 0 saturated carbocycles. The molecule has 1 atom stereocenters. The second kappa shape index (κ2) is 4.23. The third-order valence-corrected chi connectivity index (χ3v) is 4.66. The maximum absolute atomic E-state index is 2.32. The fourth-order valence-electron chi connectivity index (χ4n) is 2.54. The molecule has 1 heterocycles. The van der Waals surface area contributed by atoms with Crippen LogP contribution in [-0.4, -0.2) is 0 Å². The van der Waals surface area contributed by atoms with Gasteiger partial charge < -0.3 is 0 Å². The number of benzene rings is 2. The first kappa shape index (κ1) is 10.9.